The first kappa shape index (κ1) is 14.2. The van der Waals surface area contributed by atoms with E-state index in [-0.39, 0.29) is 24.8 Å². The molecule has 112 valence electrons. The van der Waals surface area contributed by atoms with Gasteiger partial charge in [-0.05, 0) is 12.1 Å². The van der Waals surface area contributed by atoms with Crippen molar-refractivity contribution in [1.82, 2.24) is 14.6 Å². The Balaban J connectivity index is 1.87. The average molecular weight is 333 g/mol. The van der Waals surface area contributed by atoms with Crippen molar-refractivity contribution >= 4 is 39.3 Å². The molecule has 0 aliphatic carbocycles. The van der Waals surface area contributed by atoms with Crippen molar-refractivity contribution in [2.75, 3.05) is 17.2 Å². The molecule has 1 aliphatic heterocycles. The summed E-state index contributed by atoms with van der Waals surface area (Å²) in [7, 11) is -4.61. The molecule has 0 bridgehead atoms. The fraction of sp³-hybridized carbons (Fsp3) is 0.364. The normalized spacial score (nSPS) is 19.6. The van der Waals surface area contributed by atoms with Crippen molar-refractivity contribution < 1.29 is 17.1 Å². The number of aromatic nitrogens is 3. The van der Waals surface area contributed by atoms with Gasteiger partial charge in [0, 0.05) is 25.1 Å². The van der Waals surface area contributed by atoms with Crippen molar-refractivity contribution in [1.29, 1.82) is 0 Å². The Morgan fingerprint density at radius 2 is 2.19 bits per heavy atom. The lowest BCUT2D eigenvalue weighted by atomic mass is 10.1. The lowest BCUT2D eigenvalue weighted by Crippen LogP contribution is -2.26. The number of nitrogens with zero attached hydrogens (tertiary/aromatic N) is 4. The van der Waals surface area contributed by atoms with Crippen LogP contribution >= 0.6 is 11.6 Å². The van der Waals surface area contributed by atoms with E-state index in [1.807, 2.05) is 0 Å². The van der Waals surface area contributed by atoms with Crippen LogP contribution < -0.4 is 4.90 Å². The first-order valence-electron chi connectivity index (χ1n) is 6.06. The lowest BCUT2D eigenvalue weighted by Gasteiger charge is -2.10. The van der Waals surface area contributed by atoms with Crippen LogP contribution in [0, 0.1) is 5.92 Å². The van der Waals surface area contributed by atoms with Crippen LogP contribution in [-0.4, -0.2) is 41.2 Å². The molecule has 0 radical (unpaired) electrons. The molecular weight excluding hydrogens is 323 g/mol. The topological polar surface area (TPSA) is 84.6 Å². The van der Waals surface area contributed by atoms with Crippen LogP contribution in [0.15, 0.2) is 18.3 Å². The molecule has 0 aromatic carbocycles. The van der Waals surface area contributed by atoms with Crippen molar-refractivity contribution in [2.24, 2.45) is 5.92 Å². The Morgan fingerprint density at radius 3 is 2.90 bits per heavy atom. The van der Waals surface area contributed by atoms with Crippen molar-refractivity contribution in [3.63, 3.8) is 0 Å². The molecule has 1 aliphatic rings. The minimum atomic E-state index is -4.61. The Bertz CT molecular complexity index is 822. The van der Waals surface area contributed by atoms with E-state index in [4.69, 9.17) is 11.6 Å². The van der Waals surface area contributed by atoms with Crippen LogP contribution in [0.25, 0.3) is 5.65 Å². The maximum Gasteiger partial charge on any atom is 0.302 e. The van der Waals surface area contributed by atoms with Crippen molar-refractivity contribution in [3.8, 4) is 0 Å². The van der Waals surface area contributed by atoms with E-state index in [0.717, 1.165) is 0 Å². The summed E-state index contributed by atoms with van der Waals surface area (Å²) in [5, 5.41) is 4.59. The molecule has 10 heteroatoms. The maximum atomic E-state index is 12.7. The molecule has 1 unspecified atom stereocenters. The van der Waals surface area contributed by atoms with Crippen LogP contribution in [0.1, 0.15) is 6.42 Å². The maximum absolute atomic E-state index is 12.7. The highest BCUT2D eigenvalue weighted by atomic mass is 35.5. The quantitative estimate of drug-likeness (QED) is 0.784. The highest BCUT2D eigenvalue weighted by Gasteiger charge is 2.35. The van der Waals surface area contributed by atoms with Gasteiger partial charge >= 0.3 is 10.2 Å². The van der Waals surface area contributed by atoms with Gasteiger partial charge in [-0.1, -0.05) is 11.6 Å². The van der Waals surface area contributed by atoms with Gasteiger partial charge in [-0.15, -0.1) is 8.98 Å². The molecule has 2 aromatic rings. The molecule has 1 saturated heterocycles. The third kappa shape index (κ3) is 2.98. The van der Waals surface area contributed by atoms with Gasteiger partial charge in [-0.2, -0.15) is 13.4 Å². The van der Waals surface area contributed by atoms with Gasteiger partial charge in [0.05, 0.1) is 10.8 Å². The molecule has 1 amide bonds. The Morgan fingerprint density at radius 1 is 1.43 bits per heavy atom. The summed E-state index contributed by atoms with van der Waals surface area (Å²) in [5.74, 6) is -1.44. The molecule has 2 aromatic heterocycles. The molecule has 0 spiro atoms. The van der Waals surface area contributed by atoms with E-state index >= 15 is 0 Å². The first-order chi connectivity index (χ1) is 9.82. The van der Waals surface area contributed by atoms with Crippen LogP contribution in [0.3, 0.4) is 0 Å². The predicted octanol–water partition coefficient (Wildman–Crippen LogP) is 1.03. The number of carbonyl (C=O) groups is 1. The fourth-order valence-electron chi connectivity index (χ4n) is 2.33. The summed E-state index contributed by atoms with van der Waals surface area (Å²) in [6, 6.07) is 3.28. The second-order valence-corrected chi connectivity index (χ2v) is 6.69. The fourth-order valence-corrected chi connectivity index (χ4v) is 3.27. The molecule has 1 atom stereocenters. The number of amides is 1. The van der Waals surface area contributed by atoms with E-state index < -0.39 is 21.9 Å². The number of fused-ring (bicyclic) bond motifs is 1. The van der Waals surface area contributed by atoms with E-state index in [0.29, 0.717) is 10.7 Å². The number of rotatable bonds is 3. The number of anilines is 1. The third-order valence-electron chi connectivity index (χ3n) is 3.17. The predicted molar refractivity (Wildman–Crippen MR) is 73.4 cm³/mol. The summed E-state index contributed by atoms with van der Waals surface area (Å²) in [4.78, 5) is 17.3. The minimum Gasteiger partial charge on any atom is -0.279 e. The van der Waals surface area contributed by atoms with E-state index in [1.165, 1.54) is 15.6 Å². The average Bonchev–Trinajstić information content (AvgIpc) is 2.89. The summed E-state index contributed by atoms with van der Waals surface area (Å²) in [6.07, 6.45) is 1.50. The third-order valence-corrected chi connectivity index (χ3v) is 4.26. The lowest BCUT2D eigenvalue weighted by molar-refractivity contribution is -0.117. The zero-order valence-corrected chi connectivity index (χ0v) is 12.2. The minimum absolute atomic E-state index is 0.0422. The van der Waals surface area contributed by atoms with Gasteiger partial charge in [0.1, 0.15) is 0 Å². The summed E-state index contributed by atoms with van der Waals surface area (Å²) in [6.45, 7) is 0.0760. The number of hydrogen-bond donors (Lipinski definition) is 0. The van der Waals surface area contributed by atoms with E-state index in [2.05, 4.69) is 10.1 Å². The molecule has 3 rings (SSSR count). The monoisotopic (exact) mass is 332 g/mol. The summed E-state index contributed by atoms with van der Waals surface area (Å²) >= 11 is 5.83. The van der Waals surface area contributed by atoms with Gasteiger partial charge in [-0.3, -0.25) is 9.69 Å². The van der Waals surface area contributed by atoms with Crippen molar-refractivity contribution in [2.45, 2.75) is 6.42 Å². The second-order valence-electron chi connectivity index (χ2n) is 4.84. The zero-order chi connectivity index (χ0) is 15.2. The zero-order valence-electron chi connectivity index (χ0n) is 10.6. The first-order valence-corrected chi connectivity index (χ1v) is 7.99. The number of carbonyl (C=O) groups excluding carboxylic acids is 1. The van der Waals surface area contributed by atoms with Gasteiger partial charge in [0.2, 0.25) is 5.91 Å². The number of halogens is 2. The molecule has 3 heterocycles. The van der Waals surface area contributed by atoms with Crippen LogP contribution in [0.2, 0.25) is 5.02 Å². The second kappa shape index (κ2) is 4.92. The Hall–Kier alpha value is -1.74. The molecule has 0 N–H and O–H groups in total. The highest BCUT2D eigenvalue weighted by Crippen LogP contribution is 2.24. The smallest absolute Gasteiger partial charge is 0.279 e. The van der Waals surface area contributed by atoms with Gasteiger partial charge in [0.15, 0.2) is 5.65 Å². The molecule has 0 saturated carbocycles. The summed E-state index contributed by atoms with van der Waals surface area (Å²) < 4.78 is 35.5. The number of pyridine rings is 1. The SMILES string of the molecule is O=C1CC(CS(=O)(=O)F)CN1c1nc2ccc(Cl)cn2n1. The molecule has 7 nitrogen and oxygen atoms in total. The van der Waals surface area contributed by atoms with Gasteiger partial charge in [0.25, 0.3) is 5.95 Å². The van der Waals surface area contributed by atoms with Gasteiger partial charge < -0.3 is 0 Å². The molecule has 21 heavy (non-hydrogen) atoms. The van der Waals surface area contributed by atoms with Gasteiger partial charge in [-0.25, -0.2) is 4.52 Å². The molecular formula is C11H10ClFN4O3S. The van der Waals surface area contributed by atoms with Crippen LogP contribution in [0.4, 0.5) is 9.83 Å². The number of hydrogen-bond acceptors (Lipinski definition) is 5. The van der Waals surface area contributed by atoms with E-state index in [9.17, 15) is 17.1 Å². The van der Waals surface area contributed by atoms with Crippen LogP contribution in [0.5, 0.6) is 0 Å². The standard InChI is InChI=1S/C11H10ClFN4O3S/c12-8-1-2-9-14-11(15-17(9)5-8)16-4-7(3-10(16)18)6-21(13,19)20/h1-2,5,7H,3-4,6H2. The Labute approximate surface area is 124 Å². The Kier molecular flexibility index (Phi) is 3.33. The van der Waals surface area contributed by atoms with Crippen molar-refractivity contribution in [3.05, 3.63) is 23.4 Å². The molecule has 1 fully saturated rings. The van der Waals surface area contributed by atoms with E-state index in [1.54, 1.807) is 12.1 Å². The summed E-state index contributed by atoms with van der Waals surface area (Å²) in [5.41, 5.74) is 0.503. The largest absolute Gasteiger partial charge is 0.302 e. The highest BCUT2D eigenvalue weighted by molar-refractivity contribution is 7.86. The van der Waals surface area contributed by atoms with Crippen LogP contribution in [-0.2, 0) is 15.0 Å².